The summed E-state index contributed by atoms with van der Waals surface area (Å²) in [6.07, 6.45) is 3.73. The first-order valence-corrected chi connectivity index (χ1v) is 9.43. The maximum Gasteiger partial charge on any atom is 0.246 e. The predicted molar refractivity (Wildman–Crippen MR) is 94.1 cm³/mol. The van der Waals surface area contributed by atoms with E-state index in [9.17, 15) is 13.2 Å². The lowest BCUT2D eigenvalue weighted by atomic mass is 10.2. The maximum absolute atomic E-state index is 12.6. The van der Waals surface area contributed by atoms with Crippen LogP contribution in [0.1, 0.15) is 12.0 Å². The molecule has 0 N–H and O–H groups in total. The molecule has 4 nitrogen and oxygen atoms in total. The van der Waals surface area contributed by atoms with Gasteiger partial charge in [0.25, 0.3) is 0 Å². The number of nitrogens with zero attached hydrogens (tertiary/aromatic N) is 1. The van der Waals surface area contributed by atoms with Gasteiger partial charge >= 0.3 is 0 Å². The Kier molecular flexibility index (Phi) is 4.81. The second kappa shape index (κ2) is 7.01. The fraction of sp³-hybridized carbons (Fsp3) is 0.211. The van der Waals surface area contributed by atoms with Crippen molar-refractivity contribution in [2.75, 3.05) is 13.1 Å². The van der Waals surface area contributed by atoms with Crippen LogP contribution in [0, 0.1) is 0 Å². The van der Waals surface area contributed by atoms with Gasteiger partial charge in [-0.2, -0.15) is 0 Å². The number of sulfone groups is 1. The zero-order valence-corrected chi connectivity index (χ0v) is 14.0. The van der Waals surface area contributed by atoms with E-state index >= 15 is 0 Å². The lowest BCUT2D eigenvalue weighted by Crippen LogP contribution is -2.30. The molecule has 0 spiro atoms. The minimum Gasteiger partial charge on any atom is -0.338 e. The van der Waals surface area contributed by atoms with Crippen molar-refractivity contribution in [1.82, 2.24) is 4.90 Å². The number of carbonyl (C=O) groups is 1. The Balaban J connectivity index is 1.67. The third kappa shape index (κ3) is 3.57. The van der Waals surface area contributed by atoms with Gasteiger partial charge in [-0.05, 0) is 30.2 Å². The average molecular weight is 341 g/mol. The minimum atomic E-state index is -3.39. The van der Waals surface area contributed by atoms with Gasteiger partial charge in [0, 0.05) is 19.2 Å². The first kappa shape index (κ1) is 16.5. The first-order valence-electron chi connectivity index (χ1n) is 7.88. The van der Waals surface area contributed by atoms with Gasteiger partial charge < -0.3 is 4.90 Å². The van der Waals surface area contributed by atoms with Crippen LogP contribution in [-0.4, -0.2) is 37.6 Å². The summed E-state index contributed by atoms with van der Waals surface area (Å²) < 4.78 is 25.3. The number of hydrogen-bond acceptors (Lipinski definition) is 3. The van der Waals surface area contributed by atoms with Crippen molar-refractivity contribution < 1.29 is 13.2 Å². The summed E-state index contributed by atoms with van der Waals surface area (Å²) in [7, 11) is -3.39. The fourth-order valence-corrected chi connectivity index (χ4v) is 4.53. The van der Waals surface area contributed by atoms with E-state index in [1.807, 2.05) is 30.3 Å². The molecular weight excluding hydrogens is 322 g/mol. The lowest BCUT2D eigenvalue weighted by Gasteiger charge is -2.15. The normalized spacial score (nSPS) is 18.2. The smallest absolute Gasteiger partial charge is 0.246 e. The number of hydrogen-bond donors (Lipinski definition) is 0. The molecule has 5 heteroatoms. The van der Waals surface area contributed by atoms with Crippen molar-refractivity contribution in [3.8, 4) is 0 Å². The molecular formula is C19H19NO3S. The molecule has 0 radical (unpaired) electrons. The molecule has 1 fully saturated rings. The summed E-state index contributed by atoms with van der Waals surface area (Å²) in [4.78, 5) is 14.2. The molecule has 0 aromatic heterocycles. The number of amides is 1. The molecule has 0 saturated carbocycles. The molecule has 3 rings (SSSR count). The highest BCUT2D eigenvalue weighted by atomic mass is 32.2. The predicted octanol–water partition coefficient (Wildman–Crippen LogP) is 2.77. The van der Waals surface area contributed by atoms with E-state index in [1.54, 1.807) is 41.3 Å². The van der Waals surface area contributed by atoms with E-state index in [-0.39, 0.29) is 12.5 Å². The number of rotatable bonds is 4. The molecule has 24 heavy (non-hydrogen) atoms. The molecule has 1 heterocycles. The highest BCUT2D eigenvalue weighted by Crippen LogP contribution is 2.24. The van der Waals surface area contributed by atoms with Crippen molar-refractivity contribution in [1.29, 1.82) is 0 Å². The molecule has 0 aliphatic carbocycles. The monoisotopic (exact) mass is 341 g/mol. The fourth-order valence-electron chi connectivity index (χ4n) is 2.82. The van der Waals surface area contributed by atoms with Crippen LogP contribution in [0.25, 0.3) is 6.08 Å². The van der Waals surface area contributed by atoms with Gasteiger partial charge in [0.05, 0.1) is 10.1 Å². The molecule has 1 amide bonds. The number of carbonyl (C=O) groups excluding carboxylic acids is 1. The topological polar surface area (TPSA) is 54.5 Å². The van der Waals surface area contributed by atoms with Crippen molar-refractivity contribution in [3.05, 3.63) is 72.3 Å². The Hall–Kier alpha value is -2.40. The van der Waals surface area contributed by atoms with Gasteiger partial charge in [-0.15, -0.1) is 0 Å². The summed E-state index contributed by atoms with van der Waals surface area (Å²) in [6, 6.07) is 18.0. The molecule has 2 aromatic carbocycles. The van der Waals surface area contributed by atoms with Crippen molar-refractivity contribution in [2.24, 2.45) is 0 Å². The second-order valence-corrected chi connectivity index (χ2v) is 8.03. The maximum atomic E-state index is 12.6. The third-order valence-electron chi connectivity index (χ3n) is 4.19. The first-order chi connectivity index (χ1) is 11.6. The van der Waals surface area contributed by atoms with E-state index < -0.39 is 15.1 Å². The van der Waals surface area contributed by atoms with Crippen LogP contribution in [0.15, 0.2) is 71.6 Å². The Morgan fingerprint density at radius 2 is 1.62 bits per heavy atom. The Morgan fingerprint density at radius 1 is 1.00 bits per heavy atom. The van der Waals surface area contributed by atoms with Crippen LogP contribution >= 0.6 is 0 Å². The molecule has 0 unspecified atom stereocenters. The van der Waals surface area contributed by atoms with Gasteiger partial charge in [-0.1, -0.05) is 48.5 Å². The summed E-state index contributed by atoms with van der Waals surface area (Å²) in [6.45, 7) is 0.712. The van der Waals surface area contributed by atoms with Crippen LogP contribution in [0.2, 0.25) is 0 Å². The summed E-state index contributed by atoms with van der Waals surface area (Å²) in [5, 5.41) is -0.533. The third-order valence-corrected chi connectivity index (χ3v) is 6.38. The average Bonchev–Trinajstić information content (AvgIpc) is 3.12. The van der Waals surface area contributed by atoms with E-state index in [1.165, 1.54) is 6.08 Å². The Morgan fingerprint density at radius 3 is 2.29 bits per heavy atom. The zero-order valence-electron chi connectivity index (χ0n) is 13.2. The van der Waals surface area contributed by atoms with Crippen LogP contribution < -0.4 is 0 Å². The molecule has 1 saturated heterocycles. The molecule has 1 aliphatic heterocycles. The molecule has 1 aliphatic rings. The van der Waals surface area contributed by atoms with Gasteiger partial charge in [0.2, 0.25) is 5.91 Å². The molecule has 124 valence electrons. The van der Waals surface area contributed by atoms with Gasteiger partial charge in [0.1, 0.15) is 0 Å². The molecule has 2 aromatic rings. The standard InChI is InChI=1S/C19H19NO3S/c21-19(12-11-16-7-3-1-4-8-16)20-14-13-18(15-20)24(22,23)17-9-5-2-6-10-17/h1-12,18H,13-15H2/b12-11+/t18-/m1/s1. The number of likely N-dealkylation sites (tertiary alicyclic amines) is 1. The summed E-state index contributed by atoms with van der Waals surface area (Å²) >= 11 is 0. The van der Waals surface area contributed by atoms with Gasteiger partial charge in [-0.3, -0.25) is 4.79 Å². The van der Waals surface area contributed by atoms with Crippen molar-refractivity contribution >= 4 is 21.8 Å². The van der Waals surface area contributed by atoms with Crippen LogP contribution in [0.3, 0.4) is 0 Å². The van der Waals surface area contributed by atoms with Crippen LogP contribution in [0.4, 0.5) is 0 Å². The number of benzene rings is 2. The SMILES string of the molecule is O=C(/C=C/c1ccccc1)N1CC[C@@H](S(=O)(=O)c2ccccc2)C1. The van der Waals surface area contributed by atoms with E-state index in [2.05, 4.69) is 0 Å². The lowest BCUT2D eigenvalue weighted by molar-refractivity contribution is -0.124. The van der Waals surface area contributed by atoms with E-state index in [0.29, 0.717) is 17.9 Å². The Bertz CT molecular complexity index is 829. The largest absolute Gasteiger partial charge is 0.338 e. The molecule has 0 bridgehead atoms. The van der Waals surface area contributed by atoms with Crippen LogP contribution in [0.5, 0.6) is 0 Å². The second-order valence-electron chi connectivity index (χ2n) is 5.80. The highest BCUT2D eigenvalue weighted by molar-refractivity contribution is 7.92. The van der Waals surface area contributed by atoms with Crippen molar-refractivity contribution in [2.45, 2.75) is 16.6 Å². The highest BCUT2D eigenvalue weighted by Gasteiger charge is 2.35. The van der Waals surface area contributed by atoms with Crippen LogP contribution in [-0.2, 0) is 14.6 Å². The van der Waals surface area contributed by atoms with Gasteiger partial charge in [0.15, 0.2) is 9.84 Å². The summed E-state index contributed by atoms with van der Waals surface area (Å²) in [5.74, 6) is -0.149. The van der Waals surface area contributed by atoms with Crippen molar-refractivity contribution in [3.63, 3.8) is 0 Å². The Labute approximate surface area is 142 Å². The summed E-state index contributed by atoms with van der Waals surface area (Å²) in [5.41, 5.74) is 0.943. The minimum absolute atomic E-state index is 0.149. The molecule has 1 atom stereocenters. The van der Waals surface area contributed by atoms with E-state index in [0.717, 1.165) is 5.56 Å². The van der Waals surface area contributed by atoms with E-state index in [4.69, 9.17) is 0 Å². The quantitative estimate of drug-likeness (QED) is 0.804. The zero-order chi connectivity index (χ0) is 17.0. The van der Waals surface area contributed by atoms with Gasteiger partial charge in [-0.25, -0.2) is 8.42 Å².